The van der Waals surface area contributed by atoms with E-state index in [1.165, 1.54) is 6.07 Å². The van der Waals surface area contributed by atoms with Gasteiger partial charge < -0.3 is 16.0 Å². The third-order valence-electron chi connectivity index (χ3n) is 4.03. The van der Waals surface area contributed by atoms with E-state index in [1.807, 2.05) is 7.05 Å². The van der Waals surface area contributed by atoms with E-state index in [2.05, 4.69) is 16.0 Å². The van der Waals surface area contributed by atoms with Gasteiger partial charge in [-0.15, -0.1) is 0 Å². The third-order valence-corrected chi connectivity index (χ3v) is 4.03. The maximum Gasteiger partial charge on any atom is 0.220 e. The zero-order valence-electron chi connectivity index (χ0n) is 12.8. The Labute approximate surface area is 129 Å². The Morgan fingerprint density at radius 1 is 1.36 bits per heavy atom. The largest absolute Gasteiger partial charge is 0.351 e. The molecule has 1 amide bonds. The summed E-state index contributed by atoms with van der Waals surface area (Å²) in [7, 11) is 1.85. The second kappa shape index (κ2) is 8.19. The molecule has 0 spiro atoms. The number of nitrogens with one attached hydrogen (secondary N) is 3. The highest BCUT2D eigenvalue weighted by atomic mass is 19.2. The van der Waals surface area contributed by atoms with Gasteiger partial charge in [0.2, 0.25) is 5.91 Å². The number of halogens is 2. The maximum absolute atomic E-state index is 13.4. The van der Waals surface area contributed by atoms with Crippen LogP contribution in [0.1, 0.15) is 30.7 Å². The Hall–Kier alpha value is -1.53. The number of carbonyl (C=O) groups excluding carboxylic acids is 1. The van der Waals surface area contributed by atoms with Crippen LogP contribution in [0, 0.1) is 11.6 Å². The summed E-state index contributed by atoms with van der Waals surface area (Å²) in [5.74, 6) is -1.68. The first-order chi connectivity index (χ1) is 10.6. The molecule has 22 heavy (non-hydrogen) atoms. The van der Waals surface area contributed by atoms with Crippen LogP contribution >= 0.6 is 0 Å². The number of amides is 1. The molecule has 0 bridgehead atoms. The summed E-state index contributed by atoms with van der Waals surface area (Å²) in [6, 6.07) is 3.90. The highest BCUT2D eigenvalue weighted by Gasteiger charge is 2.28. The molecule has 1 fully saturated rings. The minimum absolute atomic E-state index is 0.00321. The first-order valence-electron chi connectivity index (χ1n) is 7.71. The number of benzene rings is 1. The van der Waals surface area contributed by atoms with Crippen molar-refractivity contribution < 1.29 is 13.6 Å². The highest BCUT2D eigenvalue weighted by molar-refractivity contribution is 5.76. The first-order valence-corrected chi connectivity index (χ1v) is 7.71. The number of rotatable bonds is 6. The molecule has 2 unspecified atom stereocenters. The normalized spacial score (nSPS) is 21.6. The number of carbonyl (C=O) groups is 1. The van der Waals surface area contributed by atoms with Crippen LogP contribution in [-0.4, -0.2) is 38.6 Å². The average molecular weight is 311 g/mol. The predicted octanol–water partition coefficient (Wildman–Crippen LogP) is 1.53. The zero-order valence-corrected chi connectivity index (χ0v) is 12.8. The fourth-order valence-corrected chi connectivity index (χ4v) is 2.86. The van der Waals surface area contributed by atoms with E-state index in [4.69, 9.17) is 0 Å². The molecule has 1 heterocycles. The average Bonchev–Trinajstić information content (AvgIpc) is 2.51. The number of piperidine rings is 1. The lowest BCUT2D eigenvalue weighted by Crippen LogP contribution is -2.50. The van der Waals surface area contributed by atoms with Gasteiger partial charge in [-0.05, 0) is 50.7 Å². The minimum atomic E-state index is -0.842. The van der Waals surface area contributed by atoms with Gasteiger partial charge in [0, 0.05) is 24.9 Å². The molecule has 3 N–H and O–H groups in total. The van der Waals surface area contributed by atoms with Gasteiger partial charge in [-0.25, -0.2) is 8.78 Å². The van der Waals surface area contributed by atoms with Gasteiger partial charge in [-0.3, -0.25) is 4.79 Å². The monoisotopic (exact) mass is 311 g/mol. The van der Waals surface area contributed by atoms with Crippen LogP contribution in [0.15, 0.2) is 18.2 Å². The molecule has 1 aliphatic rings. The minimum Gasteiger partial charge on any atom is -0.351 e. The van der Waals surface area contributed by atoms with Crippen molar-refractivity contribution in [3.8, 4) is 0 Å². The van der Waals surface area contributed by atoms with E-state index in [-0.39, 0.29) is 17.9 Å². The quantitative estimate of drug-likeness (QED) is 0.698. The third kappa shape index (κ3) is 4.48. The molecule has 1 aromatic carbocycles. The Bertz CT molecular complexity index is 510. The summed E-state index contributed by atoms with van der Waals surface area (Å²) in [5.41, 5.74) is 0.737. The molecule has 2 rings (SSSR count). The molecular weight excluding hydrogens is 288 g/mol. The molecule has 1 saturated heterocycles. The fourth-order valence-electron chi connectivity index (χ4n) is 2.86. The van der Waals surface area contributed by atoms with E-state index in [0.717, 1.165) is 37.6 Å². The Morgan fingerprint density at radius 3 is 2.91 bits per heavy atom. The van der Waals surface area contributed by atoms with Crippen molar-refractivity contribution in [2.45, 2.75) is 31.2 Å². The first kappa shape index (κ1) is 16.8. The summed E-state index contributed by atoms with van der Waals surface area (Å²) < 4.78 is 26.5. The van der Waals surface area contributed by atoms with Crippen molar-refractivity contribution in [2.75, 3.05) is 26.7 Å². The Kier molecular flexibility index (Phi) is 6.27. The van der Waals surface area contributed by atoms with Crippen molar-refractivity contribution in [3.05, 3.63) is 35.4 Å². The molecule has 1 aliphatic heterocycles. The van der Waals surface area contributed by atoms with Crippen molar-refractivity contribution in [2.24, 2.45) is 0 Å². The van der Waals surface area contributed by atoms with Crippen LogP contribution in [0.25, 0.3) is 0 Å². The van der Waals surface area contributed by atoms with E-state index in [9.17, 15) is 13.6 Å². The summed E-state index contributed by atoms with van der Waals surface area (Å²) in [4.78, 5) is 12.0. The van der Waals surface area contributed by atoms with Crippen LogP contribution in [-0.2, 0) is 4.79 Å². The predicted molar refractivity (Wildman–Crippen MR) is 81.7 cm³/mol. The lowest BCUT2D eigenvalue weighted by molar-refractivity contribution is -0.122. The number of hydrogen-bond donors (Lipinski definition) is 3. The maximum atomic E-state index is 13.4. The molecule has 122 valence electrons. The van der Waals surface area contributed by atoms with Crippen molar-refractivity contribution in [3.63, 3.8) is 0 Å². The van der Waals surface area contributed by atoms with E-state index in [0.29, 0.717) is 13.0 Å². The van der Waals surface area contributed by atoms with E-state index >= 15 is 0 Å². The number of hydrogen-bond acceptors (Lipinski definition) is 3. The summed E-state index contributed by atoms with van der Waals surface area (Å²) >= 11 is 0. The second-order valence-electron chi connectivity index (χ2n) is 5.65. The summed E-state index contributed by atoms with van der Waals surface area (Å²) in [6.07, 6.45) is 2.02. The molecule has 0 aliphatic carbocycles. The molecule has 1 aromatic rings. The van der Waals surface area contributed by atoms with Crippen molar-refractivity contribution in [1.29, 1.82) is 0 Å². The topological polar surface area (TPSA) is 53.2 Å². The molecule has 6 heteroatoms. The van der Waals surface area contributed by atoms with E-state index < -0.39 is 11.6 Å². The molecule has 2 atom stereocenters. The second-order valence-corrected chi connectivity index (χ2v) is 5.65. The SMILES string of the molecule is CNCCCC(=O)NC1CNCCC1c1ccc(F)c(F)c1. The van der Waals surface area contributed by atoms with Gasteiger partial charge in [0.1, 0.15) is 0 Å². The van der Waals surface area contributed by atoms with Crippen molar-refractivity contribution in [1.82, 2.24) is 16.0 Å². The lowest BCUT2D eigenvalue weighted by Gasteiger charge is -2.33. The van der Waals surface area contributed by atoms with Gasteiger partial charge in [0.15, 0.2) is 11.6 Å². The summed E-state index contributed by atoms with van der Waals surface area (Å²) in [6.45, 7) is 2.24. The van der Waals surface area contributed by atoms with Crippen molar-refractivity contribution >= 4 is 5.91 Å². The molecule has 0 saturated carbocycles. The van der Waals surface area contributed by atoms with Gasteiger partial charge in [-0.2, -0.15) is 0 Å². The van der Waals surface area contributed by atoms with E-state index in [1.54, 1.807) is 6.07 Å². The molecule has 4 nitrogen and oxygen atoms in total. The zero-order chi connectivity index (χ0) is 15.9. The Morgan fingerprint density at radius 2 is 2.18 bits per heavy atom. The van der Waals surface area contributed by atoms with Gasteiger partial charge >= 0.3 is 0 Å². The summed E-state index contributed by atoms with van der Waals surface area (Å²) in [5, 5.41) is 9.26. The fraction of sp³-hybridized carbons (Fsp3) is 0.562. The van der Waals surface area contributed by atoms with Gasteiger partial charge in [-0.1, -0.05) is 6.07 Å². The van der Waals surface area contributed by atoms with Crippen LogP contribution in [0.4, 0.5) is 8.78 Å². The molecule has 0 radical (unpaired) electrons. The highest BCUT2D eigenvalue weighted by Crippen LogP contribution is 2.27. The van der Waals surface area contributed by atoms with Crippen LogP contribution < -0.4 is 16.0 Å². The van der Waals surface area contributed by atoms with Crippen LogP contribution in [0.5, 0.6) is 0 Å². The standard InChI is InChI=1S/C16H23F2N3O/c1-19-7-2-3-16(22)21-15-10-20-8-6-12(15)11-4-5-13(17)14(18)9-11/h4-5,9,12,15,19-20H,2-3,6-8,10H2,1H3,(H,21,22). The smallest absolute Gasteiger partial charge is 0.220 e. The van der Waals surface area contributed by atoms with Crippen LogP contribution in [0.3, 0.4) is 0 Å². The molecular formula is C16H23F2N3O. The lowest BCUT2D eigenvalue weighted by atomic mass is 9.86. The van der Waals surface area contributed by atoms with Crippen LogP contribution in [0.2, 0.25) is 0 Å². The molecule has 0 aromatic heterocycles. The van der Waals surface area contributed by atoms with Gasteiger partial charge in [0.25, 0.3) is 0 Å². The Balaban J connectivity index is 2.01. The van der Waals surface area contributed by atoms with Gasteiger partial charge in [0.05, 0.1) is 0 Å².